The number of aryl methyl sites for hydroxylation is 1. The van der Waals surface area contributed by atoms with Crippen LogP contribution in [-0.2, 0) is 19.5 Å². The van der Waals surface area contributed by atoms with Gasteiger partial charge in [0.15, 0.2) is 29.3 Å². The van der Waals surface area contributed by atoms with Gasteiger partial charge in [-0.1, -0.05) is 23.7 Å². The second kappa shape index (κ2) is 11.6. The van der Waals surface area contributed by atoms with E-state index >= 15 is 0 Å². The number of carbonyl (C=O) groups excluding carboxylic acids is 1. The third kappa shape index (κ3) is 6.08. The summed E-state index contributed by atoms with van der Waals surface area (Å²) in [5, 5.41) is 24.9. The topological polar surface area (TPSA) is 159 Å². The van der Waals surface area contributed by atoms with Crippen molar-refractivity contribution in [1.82, 2.24) is 39.3 Å². The van der Waals surface area contributed by atoms with Gasteiger partial charge in [-0.3, -0.25) is 9.36 Å². The van der Waals surface area contributed by atoms with Crippen molar-refractivity contribution in [1.29, 1.82) is 0 Å². The number of pyridine rings is 1. The number of nitrogens with one attached hydrogen (secondary N) is 1. The van der Waals surface area contributed by atoms with Crippen molar-refractivity contribution in [2.24, 2.45) is 0 Å². The zero-order valence-electron chi connectivity index (χ0n) is 21.7. The molecule has 0 aliphatic rings. The molecule has 0 radical (unpaired) electrons. The number of carbonyl (C=O) groups is 1. The van der Waals surface area contributed by atoms with Crippen LogP contribution in [-0.4, -0.2) is 62.5 Å². The number of hydrogen-bond acceptors (Lipinski definition) is 9. The Bertz CT molecular complexity index is 1780. The maximum atomic E-state index is 13.1. The van der Waals surface area contributed by atoms with Crippen LogP contribution >= 0.6 is 11.6 Å². The fraction of sp³-hybridized carbons (Fsp3) is 0.240. The minimum absolute atomic E-state index is 0.0600. The molecular formula is C25H21ClF3N9O4. The fourth-order valence-electron chi connectivity index (χ4n) is 3.85. The summed E-state index contributed by atoms with van der Waals surface area (Å²) in [4.78, 5) is 34.1. The molecule has 0 saturated heterocycles. The summed E-state index contributed by atoms with van der Waals surface area (Å²) in [6, 6.07) is 10.7. The number of rotatable bonds is 9. The van der Waals surface area contributed by atoms with E-state index in [9.17, 15) is 27.9 Å². The van der Waals surface area contributed by atoms with E-state index in [1.807, 2.05) is 6.92 Å². The smallest absolute Gasteiger partial charge is 0.382 e. The molecule has 0 saturated carbocycles. The molecule has 0 spiro atoms. The maximum absolute atomic E-state index is 13.1. The van der Waals surface area contributed by atoms with E-state index in [0.717, 1.165) is 9.25 Å². The Hall–Kier alpha value is -4.83. The highest BCUT2D eigenvalue weighted by atomic mass is 35.5. The van der Waals surface area contributed by atoms with Gasteiger partial charge in [0.2, 0.25) is 0 Å². The van der Waals surface area contributed by atoms with Crippen molar-refractivity contribution < 1.29 is 27.6 Å². The molecule has 1 aromatic carbocycles. The van der Waals surface area contributed by atoms with Crippen LogP contribution in [0.25, 0.3) is 17.1 Å². The molecule has 1 atom stereocenters. The average Bonchev–Trinajstić information content (AvgIpc) is 3.70. The number of nitrogens with zero attached hydrogens (tertiary/aromatic N) is 8. The minimum Gasteiger partial charge on any atom is -0.382 e. The van der Waals surface area contributed by atoms with Gasteiger partial charge in [0.25, 0.3) is 5.91 Å². The molecule has 5 aromatic rings. The Morgan fingerprint density at radius 1 is 1.17 bits per heavy atom. The summed E-state index contributed by atoms with van der Waals surface area (Å²) in [7, 11) is 0. The van der Waals surface area contributed by atoms with E-state index in [1.54, 1.807) is 12.1 Å². The number of benzene rings is 1. The maximum Gasteiger partial charge on any atom is 0.416 e. The van der Waals surface area contributed by atoms with Crippen LogP contribution in [0, 0.1) is 0 Å². The molecule has 4 aromatic heterocycles. The SMILES string of the molecule is CCc1cc(C(=O)Nc2ncccc2-n2cnc(Cn3nc(-c4ccc(Cl)cc4)n(C[C@H](O)C(F)(F)F)c3=O)n2)no1. The predicted molar refractivity (Wildman–Crippen MR) is 141 cm³/mol. The first kappa shape index (κ1) is 28.7. The zero-order chi connectivity index (χ0) is 30.0. The highest BCUT2D eigenvalue weighted by molar-refractivity contribution is 6.30. The van der Waals surface area contributed by atoms with Gasteiger partial charge in [0, 0.05) is 29.3 Å². The van der Waals surface area contributed by atoms with Crippen LogP contribution in [0.15, 0.2) is 64.3 Å². The third-order valence-electron chi connectivity index (χ3n) is 5.99. The van der Waals surface area contributed by atoms with Crippen molar-refractivity contribution in [3.8, 4) is 17.1 Å². The monoisotopic (exact) mass is 603 g/mol. The van der Waals surface area contributed by atoms with Gasteiger partial charge in [-0.15, -0.1) is 10.2 Å². The van der Waals surface area contributed by atoms with Gasteiger partial charge in [-0.2, -0.15) is 13.2 Å². The van der Waals surface area contributed by atoms with Gasteiger partial charge in [-0.25, -0.2) is 24.1 Å². The number of alkyl halides is 3. The lowest BCUT2D eigenvalue weighted by Crippen LogP contribution is -2.37. The summed E-state index contributed by atoms with van der Waals surface area (Å²) >= 11 is 5.92. The average molecular weight is 604 g/mol. The van der Waals surface area contributed by atoms with Gasteiger partial charge in [0.1, 0.15) is 24.3 Å². The second-order valence-electron chi connectivity index (χ2n) is 8.90. The van der Waals surface area contributed by atoms with E-state index in [1.165, 1.54) is 47.5 Å². The molecule has 0 aliphatic heterocycles. The fourth-order valence-corrected chi connectivity index (χ4v) is 3.98. The first-order valence-electron chi connectivity index (χ1n) is 12.3. The van der Waals surface area contributed by atoms with E-state index < -0.39 is 30.4 Å². The van der Waals surface area contributed by atoms with Crippen LogP contribution in [0.5, 0.6) is 0 Å². The molecule has 218 valence electrons. The Morgan fingerprint density at radius 3 is 2.62 bits per heavy atom. The zero-order valence-corrected chi connectivity index (χ0v) is 22.4. The van der Waals surface area contributed by atoms with Gasteiger partial charge < -0.3 is 14.9 Å². The minimum atomic E-state index is -4.96. The molecule has 5 rings (SSSR count). The lowest BCUT2D eigenvalue weighted by atomic mass is 10.2. The lowest BCUT2D eigenvalue weighted by Gasteiger charge is -2.15. The number of anilines is 1. The first-order valence-corrected chi connectivity index (χ1v) is 12.7. The molecule has 0 unspecified atom stereocenters. The molecule has 0 bridgehead atoms. The van der Waals surface area contributed by atoms with Gasteiger partial charge >= 0.3 is 11.9 Å². The number of halogens is 4. The number of aliphatic hydroxyl groups excluding tert-OH is 1. The van der Waals surface area contributed by atoms with Crippen LogP contribution < -0.4 is 11.0 Å². The van der Waals surface area contributed by atoms with E-state index in [4.69, 9.17) is 16.1 Å². The number of hydrogen-bond donors (Lipinski definition) is 2. The molecule has 17 heteroatoms. The third-order valence-corrected chi connectivity index (χ3v) is 6.25. The molecule has 0 fully saturated rings. The van der Waals surface area contributed by atoms with Crippen molar-refractivity contribution in [2.45, 2.75) is 38.7 Å². The molecule has 4 heterocycles. The Morgan fingerprint density at radius 2 is 1.93 bits per heavy atom. The standard InChI is InChI=1S/C25H21ClF3N9O4/c1-2-16-10-17(35-42-16)23(40)32-21-18(4-3-9-30-21)38-13-31-20(33-38)12-37-24(41)36(11-19(39)25(27,28)29)22(34-37)14-5-7-15(26)8-6-14/h3-10,13,19,39H,2,11-12H2,1H3,(H,30,32,40)/t19-/m0/s1. The summed E-state index contributed by atoms with van der Waals surface area (Å²) < 4.78 is 47.3. The Kier molecular flexibility index (Phi) is 7.91. The summed E-state index contributed by atoms with van der Waals surface area (Å²) in [6.45, 7) is 0.457. The Balaban J connectivity index is 1.43. The number of aliphatic hydroxyl groups is 1. The van der Waals surface area contributed by atoms with E-state index in [-0.39, 0.29) is 29.7 Å². The summed E-state index contributed by atoms with van der Waals surface area (Å²) in [5.41, 5.74) is -0.230. The second-order valence-corrected chi connectivity index (χ2v) is 9.34. The quantitative estimate of drug-likeness (QED) is 0.258. The normalized spacial score (nSPS) is 12.4. The van der Waals surface area contributed by atoms with Crippen LogP contribution in [0.3, 0.4) is 0 Å². The van der Waals surface area contributed by atoms with Crippen molar-refractivity contribution >= 4 is 23.3 Å². The van der Waals surface area contributed by atoms with Crippen LogP contribution in [0.2, 0.25) is 5.02 Å². The summed E-state index contributed by atoms with van der Waals surface area (Å²) in [5.74, 6) is 0.0630. The van der Waals surface area contributed by atoms with Crippen molar-refractivity contribution in [2.75, 3.05) is 5.32 Å². The molecule has 1 amide bonds. The highest BCUT2D eigenvalue weighted by Crippen LogP contribution is 2.24. The molecule has 42 heavy (non-hydrogen) atoms. The molecule has 0 aliphatic carbocycles. The van der Waals surface area contributed by atoms with Gasteiger partial charge in [-0.05, 0) is 36.4 Å². The lowest BCUT2D eigenvalue weighted by molar-refractivity contribution is -0.207. The first-order chi connectivity index (χ1) is 20.0. The largest absolute Gasteiger partial charge is 0.416 e. The van der Waals surface area contributed by atoms with Crippen LogP contribution in [0.4, 0.5) is 19.0 Å². The number of aromatic nitrogens is 8. The van der Waals surface area contributed by atoms with Crippen molar-refractivity contribution in [3.05, 3.63) is 87.8 Å². The van der Waals surface area contributed by atoms with E-state index in [2.05, 4.69) is 30.6 Å². The Labute approximate surface area is 239 Å². The van der Waals surface area contributed by atoms with Crippen LogP contribution in [0.1, 0.15) is 29.0 Å². The predicted octanol–water partition coefficient (Wildman–Crippen LogP) is 3.12. The molecule has 13 nitrogen and oxygen atoms in total. The highest BCUT2D eigenvalue weighted by Gasteiger charge is 2.39. The summed E-state index contributed by atoms with van der Waals surface area (Å²) in [6.07, 6.45) is -4.44. The molecule has 2 N–H and O–H groups in total. The number of amides is 1. The van der Waals surface area contributed by atoms with Gasteiger partial charge in [0.05, 0.1) is 6.54 Å². The van der Waals surface area contributed by atoms with Crippen molar-refractivity contribution in [3.63, 3.8) is 0 Å². The van der Waals surface area contributed by atoms with E-state index in [0.29, 0.717) is 28.5 Å². The molecular weight excluding hydrogens is 583 g/mol.